The molecule has 0 atom stereocenters. The summed E-state index contributed by atoms with van der Waals surface area (Å²) >= 11 is 3.40. The summed E-state index contributed by atoms with van der Waals surface area (Å²) in [6.45, 7) is 2.71. The SMILES string of the molecule is C[N+](C)(Cc1ccc(NC(=O)c2cccc(Br)c2)cc1)C1CCOCC1.[Cl-]. The third-order valence-electron chi connectivity index (χ3n) is 5.07. The Morgan fingerprint density at radius 1 is 1.15 bits per heavy atom. The summed E-state index contributed by atoms with van der Waals surface area (Å²) in [5.74, 6) is -0.0997. The molecule has 1 amide bonds. The highest BCUT2D eigenvalue weighted by Gasteiger charge is 2.30. The van der Waals surface area contributed by atoms with Crippen LogP contribution in [0.4, 0.5) is 5.69 Å². The number of halogens is 2. The molecule has 1 saturated heterocycles. The molecule has 1 fully saturated rings. The van der Waals surface area contributed by atoms with E-state index in [1.807, 2.05) is 36.4 Å². The molecule has 0 aliphatic carbocycles. The molecule has 0 aromatic heterocycles. The van der Waals surface area contributed by atoms with Crippen molar-refractivity contribution in [1.29, 1.82) is 0 Å². The lowest BCUT2D eigenvalue weighted by molar-refractivity contribution is -0.929. The summed E-state index contributed by atoms with van der Waals surface area (Å²) in [6.07, 6.45) is 2.24. The van der Waals surface area contributed by atoms with Crippen molar-refractivity contribution in [3.8, 4) is 0 Å². The monoisotopic (exact) mass is 452 g/mol. The summed E-state index contributed by atoms with van der Waals surface area (Å²) in [5, 5.41) is 2.96. The number of nitrogens with zero attached hydrogens (tertiary/aromatic N) is 1. The number of carbonyl (C=O) groups is 1. The fourth-order valence-electron chi connectivity index (χ4n) is 3.51. The van der Waals surface area contributed by atoms with Crippen molar-refractivity contribution in [2.75, 3.05) is 32.6 Å². The Labute approximate surface area is 176 Å². The van der Waals surface area contributed by atoms with Gasteiger partial charge in [0.2, 0.25) is 0 Å². The zero-order valence-corrected chi connectivity index (χ0v) is 18.1. The molecule has 0 spiro atoms. The molecule has 146 valence electrons. The van der Waals surface area contributed by atoms with Gasteiger partial charge in [-0.1, -0.05) is 34.1 Å². The van der Waals surface area contributed by atoms with E-state index < -0.39 is 0 Å². The molecule has 4 nitrogen and oxygen atoms in total. The maximum absolute atomic E-state index is 12.3. The van der Waals surface area contributed by atoms with Gasteiger partial charge in [-0.05, 0) is 30.3 Å². The van der Waals surface area contributed by atoms with E-state index in [1.165, 1.54) is 5.56 Å². The van der Waals surface area contributed by atoms with Gasteiger partial charge in [-0.25, -0.2) is 0 Å². The maximum atomic E-state index is 12.3. The summed E-state index contributed by atoms with van der Waals surface area (Å²) in [5.41, 5.74) is 2.73. The number of amides is 1. The van der Waals surface area contributed by atoms with E-state index >= 15 is 0 Å². The van der Waals surface area contributed by atoms with Gasteiger partial charge in [-0.15, -0.1) is 0 Å². The molecule has 2 aromatic carbocycles. The lowest BCUT2D eigenvalue weighted by atomic mass is 10.0. The normalized spacial score (nSPS) is 15.1. The van der Waals surface area contributed by atoms with Gasteiger partial charge in [-0.3, -0.25) is 4.79 Å². The summed E-state index contributed by atoms with van der Waals surface area (Å²) in [6, 6.07) is 16.2. The van der Waals surface area contributed by atoms with Crippen LogP contribution >= 0.6 is 15.9 Å². The number of hydrogen-bond acceptors (Lipinski definition) is 2. The number of anilines is 1. The second kappa shape index (κ2) is 9.69. The van der Waals surface area contributed by atoms with Gasteiger partial charge < -0.3 is 26.9 Å². The molecular formula is C21H26BrClN2O2. The van der Waals surface area contributed by atoms with E-state index in [-0.39, 0.29) is 18.3 Å². The Bertz CT molecular complexity index is 759. The van der Waals surface area contributed by atoms with Crippen LogP contribution in [0.1, 0.15) is 28.8 Å². The number of hydrogen-bond donors (Lipinski definition) is 1. The molecule has 0 unspecified atom stereocenters. The summed E-state index contributed by atoms with van der Waals surface area (Å²) in [7, 11) is 4.58. The van der Waals surface area contributed by atoms with Crippen LogP contribution in [0, 0.1) is 0 Å². The number of benzene rings is 2. The summed E-state index contributed by atoms with van der Waals surface area (Å²) < 4.78 is 7.35. The fourth-order valence-corrected chi connectivity index (χ4v) is 3.91. The van der Waals surface area contributed by atoms with Gasteiger partial charge in [0.05, 0.1) is 33.4 Å². The standard InChI is InChI=1S/C21H25BrN2O2.ClH/c1-24(2,20-10-12-26-13-11-20)15-16-6-8-19(9-7-16)23-21(25)17-4-3-5-18(22)14-17;/h3-9,14,20H,10-13,15H2,1-2H3;1H. The Kier molecular flexibility index (Phi) is 7.86. The van der Waals surface area contributed by atoms with Crippen LogP contribution in [0.3, 0.4) is 0 Å². The van der Waals surface area contributed by atoms with E-state index in [0.29, 0.717) is 11.6 Å². The first-order valence-corrected chi connectivity index (χ1v) is 9.80. The molecule has 0 saturated carbocycles. The zero-order chi connectivity index (χ0) is 18.6. The van der Waals surface area contributed by atoms with Gasteiger partial charge >= 0.3 is 0 Å². The minimum Gasteiger partial charge on any atom is -1.00 e. The Hall–Kier alpha value is -1.40. The van der Waals surface area contributed by atoms with Crippen molar-refractivity contribution in [2.24, 2.45) is 0 Å². The molecule has 3 rings (SSSR count). The van der Waals surface area contributed by atoms with E-state index in [1.54, 1.807) is 0 Å². The number of rotatable bonds is 5. The first kappa shape index (κ1) is 21.9. The van der Waals surface area contributed by atoms with Crippen molar-refractivity contribution in [1.82, 2.24) is 0 Å². The molecule has 1 aliphatic heterocycles. The molecule has 2 aromatic rings. The highest BCUT2D eigenvalue weighted by atomic mass is 79.9. The lowest BCUT2D eigenvalue weighted by Gasteiger charge is -2.40. The second-order valence-corrected chi connectivity index (χ2v) is 8.36. The number of quaternary nitrogens is 1. The first-order valence-electron chi connectivity index (χ1n) is 9.00. The molecular weight excluding hydrogens is 428 g/mol. The predicted octanol–water partition coefficient (Wildman–Crippen LogP) is 1.46. The minimum atomic E-state index is -0.0997. The highest BCUT2D eigenvalue weighted by Crippen LogP contribution is 2.23. The van der Waals surface area contributed by atoms with Crippen molar-refractivity contribution in [3.05, 3.63) is 64.1 Å². The van der Waals surface area contributed by atoms with Crippen LogP contribution in [-0.4, -0.2) is 43.7 Å². The van der Waals surface area contributed by atoms with Crippen molar-refractivity contribution in [2.45, 2.75) is 25.4 Å². The first-order chi connectivity index (χ1) is 12.4. The summed E-state index contributed by atoms with van der Waals surface area (Å²) in [4.78, 5) is 12.3. The highest BCUT2D eigenvalue weighted by molar-refractivity contribution is 9.10. The van der Waals surface area contributed by atoms with Crippen LogP contribution in [0.15, 0.2) is 53.0 Å². The Morgan fingerprint density at radius 2 is 1.81 bits per heavy atom. The molecule has 27 heavy (non-hydrogen) atoms. The van der Waals surface area contributed by atoms with Crippen LogP contribution < -0.4 is 17.7 Å². The largest absolute Gasteiger partial charge is 1.00 e. The average molecular weight is 454 g/mol. The third-order valence-corrected chi connectivity index (χ3v) is 5.56. The van der Waals surface area contributed by atoms with Crippen molar-refractivity contribution in [3.63, 3.8) is 0 Å². The predicted molar refractivity (Wildman–Crippen MR) is 108 cm³/mol. The van der Waals surface area contributed by atoms with Gasteiger partial charge in [-0.2, -0.15) is 0 Å². The van der Waals surface area contributed by atoms with Crippen LogP contribution in [0.2, 0.25) is 0 Å². The third kappa shape index (κ3) is 6.04. The van der Waals surface area contributed by atoms with Gasteiger partial charge in [0.1, 0.15) is 6.54 Å². The van der Waals surface area contributed by atoms with Gasteiger partial charge in [0.15, 0.2) is 0 Å². The Morgan fingerprint density at radius 3 is 2.44 bits per heavy atom. The van der Waals surface area contributed by atoms with Gasteiger partial charge in [0, 0.05) is 34.1 Å². The van der Waals surface area contributed by atoms with Gasteiger partial charge in [0.25, 0.3) is 5.91 Å². The number of ether oxygens (including phenoxy) is 1. The van der Waals surface area contributed by atoms with E-state index in [4.69, 9.17) is 4.74 Å². The van der Waals surface area contributed by atoms with E-state index in [0.717, 1.165) is 47.2 Å². The van der Waals surface area contributed by atoms with Crippen molar-refractivity contribution < 1.29 is 26.4 Å². The maximum Gasteiger partial charge on any atom is 0.255 e. The quantitative estimate of drug-likeness (QED) is 0.696. The van der Waals surface area contributed by atoms with Crippen LogP contribution in [0.5, 0.6) is 0 Å². The fraction of sp³-hybridized carbons (Fsp3) is 0.381. The zero-order valence-electron chi connectivity index (χ0n) is 15.8. The lowest BCUT2D eigenvalue weighted by Crippen LogP contribution is -3.00. The smallest absolute Gasteiger partial charge is 0.255 e. The van der Waals surface area contributed by atoms with E-state index in [2.05, 4.69) is 47.5 Å². The van der Waals surface area contributed by atoms with E-state index in [9.17, 15) is 4.79 Å². The molecule has 1 N–H and O–H groups in total. The Balaban J connectivity index is 0.00000261. The molecule has 0 radical (unpaired) electrons. The van der Waals surface area contributed by atoms with Crippen LogP contribution in [0.25, 0.3) is 0 Å². The molecule has 1 heterocycles. The minimum absolute atomic E-state index is 0. The topological polar surface area (TPSA) is 38.3 Å². The molecule has 1 aliphatic rings. The molecule has 6 heteroatoms. The molecule has 0 bridgehead atoms. The second-order valence-electron chi connectivity index (χ2n) is 7.44. The number of carbonyl (C=O) groups excluding carboxylic acids is 1. The van der Waals surface area contributed by atoms with Crippen LogP contribution in [-0.2, 0) is 11.3 Å². The number of nitrogens with one attached hydrogen (secondary N) is 1. The average Bonchev–Trinajstić information content (AvgIpc) is 2.64. The van der Waals surface area contributed by atoms with Crippen molar-refractivity contribution >= 4 is 27.5 Å².